The number of esters is 1. The molecule has 1 heterocycles. The summed E-state index contributed by atoms with van der Waals surface area (Å²) in [4.78, 5) is 28.9. The molecule has 0 fully saturated rings. The average molecular weight is 494 g/mol. The van der Waals surface area contributed by atoms with Crippen LogP contribution in [0.5, 0.6) is 5.75 Å². The summed E-state index contributed by atoms with van der Waals surface area (Å²) in [6.07, 6.45) is 3.53. The van der Waals surface area contributed by atoms with Crippen molar-refractivity contribution >= 4 is 34.5 Å². The van der Waals surface area contributed by atoms with Crippen molar-refractivity contribution in [2.75, 3.05) is 7.11 Å². The Balaban J connectivity index is 1.50. The van der Waals surface area contributed by atoms with Crippen LogP contribution in [0.25, 0.3) is 22.6 Å². The molecule has 6 nitrogen and oxygen atoms in total. The summed E-state index contributed by atoms with van der Waals surface area (Å²) in [6.45, 7) is 2.47. The smallest absolute Gasteiger partial charge is 0.337 e. The molecule has 0 saturated heterocycles. The first-order chi connectivity index (χ1) is 17.9. The van der Waals surface area contributed by atoms with Crippen molar-refractivity contribution in [2.45, 2.75) is 26.4 Å². The van der Waals surface area contributed by atoms with Crippen LogP contribution < -0.4 is 4.74 Å². The first kappa shape index (κ1) is 24.3. The molecule has 1 unspecified atom stereocenters. The van der Waals surface area contributed by atoms with Crippen molar-refractivity contribution in [3.05, 3.63) is 106 Å². The lowest BCUT2D eigenvalue weighted by Crippen LogP contribution is -2.17. The maximum atomic E-state index is 12.3. The Morgan fingerprint density at radius 1 is 1.00 bits per heavy atom. The van der Waals surface area contributed by atoms with Crippen LogP contribution in [-0.4, -0.2) is 29.1 Å². The average Bonchev–Trinajstić information content (AvgIpc) is 2.91. The number of hydrogen-bond acceptors (Lipinski definition) is 5. The molecule has 1 aromatic heterocycles. The molecule has 6 heteroatoms. The van der Waals surface area contributed by atoms with Crippen molar-refractivity contribution in [1.29, 1.82) is 0 Å². The maximum Gasteiger partial charge on any atom is 0.337 e. The van der Waals surface area contributed by atoms with Gasteiger partial charge in [0.15, 0.2) is 0 Å². The Labute approximate surface area is 215 Å². The van der Waals surface area contributed by atoms with Crippen LogP contribution in [0.15, 0.2) is 72.8 Å². The molecule has 37 heavy (non-hydrogen) atoms. The monoisotopic (exact) mass is 493 g/mol. The van der Waals surface area contributed by atoms with E-state index >= 15 is 0 Å². The van der Waals surface area contributed by atoms with Crippen molar-refractivity contribution in [2.24, 2.45) is 5.92 Å². The number of hydrogen-bond donors (Lipinski definition) is 1. The largest absolute Gasteiger partial charge is 0.488 e. The van der Waals surface area contributed by atoms with E-state index in [4.69, 9.17) is 14.5 Å². The molecule has 1 atom stereocenters. The number of methoxy groups -OCH3 is 1. The Kier molecular flexibility index (Phi) is 6.73. The number of carboxylic acid groups (broad SMARTS) is 1. The van der Waals surface area contributed by atoms with Crippen molar-refractivity contribution in [3.8, 4) is 5.75 Å². The molecule has 3 aromatic carbocycles. The maximum absolute atomic E-state index is 12.3. The second-order valence-electron chi connectivity index (χ2n) is 9.33. The summed E-state index contributed by atoms with van der Waals surface area (Å²) in [5.74, 6) is -0.309. The summed E-state index contributed by atoms with van der Waals surface area (Å²) in [6, 6.07) is 22.3. The molecule has 1 aliphatic carbocycles. The normalized spacial score (nSPS) is 15.8. The van der Waals surface area contributed by atoms with Crippen molar-refractivity contribution in [3.63, 3.8) is 0 Å². The summed E-state index contributed by atoms with van der Waals surface area (Å²) in [5.41, 5.74) is 5.88. The fraction of sp³-hybridized carbons (Fsp3) is 0.194. The highest BCUT2D eigenvalue weighted by atomic mass is 16.5. The van der Waals surface area contributed by atoms with Gasteiger partial charge in [-0.25, -0.2) is 14.6 Å². The van der Waals surface area contributed by atoms with E-state index in [0.717, 1.165) is 34.4 Å². The van der Waals surface area contributed by atoms with Crippen LogP contribution in [0.2, 0.25) is 0 Å². The molecule has 5 rings (SSSR count). The molecule has 0 bridgehead atoms. The molecule has 0 spiro atoms. The predicted octanol–water partition coefficient (Wildman–Crippen LogP) is 6.42. The van der Waals surface area contributed by atoms with Crippen LogP contribution in [0.3, 0.4) is 0 Å². The van der Waals surface area contributed by atoms with E-state index in [0.29, 0.717) is 40.8 Å². The highest BCUT2D eigenvalue weighted by Crippen LogP contribution is 2.39. The van der Waals surface area contributed by atoms with E-state index in [2.05, 4.69) is 13.0 Å². The van der Waals surface area contributed by atoms with Gasteiger partial charge in [-0.2, -0.15) is 0 Å². The second kappa shape index (κ2) is 10.3. The highest BCUT2D eigenvalue weighted by Gasteiger charge is 2.28. The zero-order chi connectivity index (χ0) is 25.9. The molecule has 1 N–H and O–H groups in total. The lowest BCUT2D eigenvalue weighted by Gasteiger charge is -2.26. The fourth-order valence-corrected chi connectivity index (χ4v) is 4.91. The van der Waals surface area contributed by atoms with Crippen LogP contribution in [0, 0.1) is 5.92 Å². The first-order valence-corrected chi connectivity index (χ1v) is 12.2. The molecule has 1 aliphatic rings. The first-order valence-electron chi connectivity index (χ1n) is 12.2. The van der Waals surface area contributed by atoms with Gasteiger partial charge in [0.1, 0.15) is 12.4 Å². The molecular weight excluding hydrogens is 466 g/mol. The standard InChI is InChI=1S/C31H27NO5/c1-19-15-23(29-25(16-19)28(30(33)34)24-8-4-5-9-26(24)32-29)17-22-7-3-6-10-27(22)37-18-20-11-13-21(14-12-20)31(35)36-2/h3-14,17,19H,15-16,18H2,1-2H3,(H,33,34). The minimum absolute atomic E-state index is 0.279. The number of ether oxygens (including phenoxy) is 2. The lowest BCUT2D eigenvalue weighted by molar-refractivity contribution is 0.0599. The number of carbonyl (C=O) groups excluding carboxylic acids is 1. The third kappa shape index (κ3) is 4.96. The van der Waals surface area contributed by atoms with E-state index in [1.54, 1.807) is 12.1 Å². The number of benzene rings is 3. The summed E-state index contributed by atoms with van der Waals surface area (Å²) >= 11 is 0. The molecule has 0 amide bonds. The Bertz CT molecular complexity index is 1520. The number of carboxylic acids is 1. The van der Waals surface area contributed by atoms with Gasteiger partial charge in [0.05, 0.1) is 29.4 Å². The number of aromatic carboxylic acids is 1. The van der Waals surface area contributed by atoms with Crippen molar-refractivity contribution in [1.82, 2.24) is 4.98 Å². The number of rotatable bonds is 6. The molecular formula is C31H27NO5. The van der Waals surface area contributed by atoms with Gasteiger partial charge in [-0.05, 0) is 65.8 Å². The zero-order valence-electron chi connectivity index (χ0n) is 20.7. The minimum atomic E-state index is -0.926. The van der Waals surface area contributed by atoms with E-state index in [1.807, 2.05) is 60.7 Å². The van der Waals surface area contributed by atoms with Crippen LogP contribution >= 0.6 is 0 Å². The Morgan fingerprint density at radius 3 is 2.49 bits per heavy atom. The predicted molar refractivity (Wildman–Crippen MR) is 143 cm³/mol. The molecule has 186 valence electrons. The second-order valence-corrected chi connectivity index (χ2v) is 9.33. The fourth-order valence-electron chi connectivity index (χ4n) is 4.91. The number of para-hydroxylation sites is 2. The number of carbonyl (C=O) groups is 2. The van der Waals surface area contributed by atoms with Gasteiger partial charge in [-0.1, -0.05) is 55.5 Å². The number of pyridine rings is 1. The van der Waals surface area contributed by atoms with E-state index in [-0.39, 0.29) is 11.9 Å². The molecule has 0 saturated carbocycles. The third-order valence-corrected chi connectivity index (χ3v) is 6.65. The quantitative estimate of drug-likeness (QED) is 0.312. The molecule has 0 aliphatic heterocycles. The summed E-state index contributed by atoms with van der Waals surface area (Å²) in [7, 11) is 1.36. The van der Waals surface area contributed by atoms with Gasteiger partial charge in [0.25, 0.3) is 0 Å². The van der Waals surface area contributed by atoms with Crippen LogP contribution in [0.4, 0.5) is 0 Å². The van der Waals surface area contributed by atoms with E-state index < -0.39 is 5.97 Å². The Morgan fingerprint density at radius 2 is 1.73 bits per heavy atom. The van der Waals surface area contributed by atoms with Gasteiger partial charge in [-0.3, -0.25) is 0 Å². The number of nitrogens with zero attached hydrogens (tertiary/aromatic N) is 1. The van der Waals surface area contributed by atoms with Gasteiger partial charge in [-0.15, -0.1) is 0 Å². The Hall–Kier alpha value is -4.45. The van der Waals surface area contributed by atoms with Gasteiger partial charge < -0.3 is 14.6 Å². The summed E-state index contributed by atoms with van der Waals surface area (Å²) < 4.78 is 10.9. The number of allylic oxidation sites excluding steroid dienone is 1. The SMILES string of the molecule is COC(=O)c1ccc(COc2ccccc2C=C2CC(C)Cc3c2nc2ccccc2c3C(=O)O)cc1. The van der Waals surface area contributed by atoms with E-state index in [9.17, 15) is 14.7 Å². The number of aromatic nitrogens is 1. The van der Waals surface area contributed by atoms with Gasteiger partial charge >= 0.3 is 11.9 Å². The highest BCUT2D eigenvalue weighted by molar-refractivity contribution is 6.06. The topological polar surface area (TPSA) is 85.7 Å². The molecule has 4 aromatic rings. The van der Waals surface area contributed by atoms with Crippen molar-refractivity contribution < 1.29 is 24.2 Å². The van der Waals surface area contributed by atoms with Gasteiger partial charge in [0, 0.05) is 10.9 Å². The lowest BCUT2D eigenvalue weighted by atomic mass is 9.80. The van der Waals surface area contributed by atoms with E-state index in [1.165, 1.54) is 7.11 Å². The molecule has 0 radical (unpaired) electrons. The van der Waals surface area contributed by atoms with Crippen LogP contribution in [0.1, 0.15) is 56.4 Å². The summed E-state index contributed by atoms with van der Waals surface area (Å²) in [5, 5.41) is 10.8. The minimum Gasteiger partial charge on any atom is -0.488 e. The van der Waals surface area contributed by atoms with Crippen LogP contribution in [-0.2, 0) is 17.8 Å². The zero-order valence-corrected chi connectivity index (χ0v) is 20.7. The third-order valence-electron chi connectivity index (χ3n) is 6.65. The number of fused-ring (bicyclic) bond motifs is 2. The van der Waals surface area contributed by atoms with Gasteiger partial charge in [0.2, 0.25) is 0 Å².